The van der Waals surface area contributed by atoms with Gasteiger partial charge in [0.2, 0.25) is 5.91 Å². The van der Waals surface area contributed by atoms with Crippen LogP contribution in [-0.4, -0.2) is 10.5 Å². The fourth-order valence-electron chi connectivity index (χ4n) is 2.08. The highest BCUT2D eigenvalue weighted by Gasteiger charge is 2.04. The van der Waals surface area contributed by atoms with Crippen molar-refractivity contribution in [3.63, 3.8) is 0 Å². The Hall–Kier alpha value is -2.36. The third-order valence-electron chi connectivity index (χ3n) is 3.27. The fourth-order valence-corrected chi connectivity index (χ4v) is 2.08. The molecule has 4 heteroatoms. The molecule has 0 saturated carbocycles. The zero-order valence-electron chi connectivity index (χ0n) is 12.2. The third-order valence-corrected chi connectivity index (χ3v) is 3.27. The molecular weight excluding hydrogens is 264 g/mol. The maximum atomic E-state index is 11.9. The van der Waals surface area contributed by atoms with Crippen molar-refractivity contribution in [1.29, 1.82) is 0 Å². The molecule has 4 nitrogen and oxygen atoms in total. The number of aryl methyl sites for hydroxylation is 1. The number of rotatable bonds is 6. The van der Waals surface area contributed by atoms with Gasteiger partial charge in [0.05, 0.1) is 0 Å². The van der Waals surface area contributed by atoms with Gasteiger partial charge in [-0.3, -0.25) is 9.59 Å². The number of nitrogens with zero attached hydrogens (tertiary/aromatic N) is 1. The van der Waals surface area contributed by atoms with Crippen LogP contribution in [-0.2, 0) is 17.8 Å². The Morgan fingerprint density at radius 2 is 1.90 bits per heavy atom. The normalized spacial score (nSPS) is 10.3. The summed E-state index contributed by atoms with van der Waals surface area (Å²) in [5, 5.41) is 2.80. The molecule has 1 N–H and O–H groups in total. The highest BCUT2D eigenvalue weighted by Crippen LogP contribution is 2.11. The van der Waals surface area contributed by atoms with Crippen LogP contribution in [0.1, 0.15) is 25.3 Å². The number of carbonyl (C=O) groups excluding carboxylic acids is 1. The molecule has 1 heterocycles. The van der Waals surface area contributed by atoms with E-state index in [1.807, 2.05) is 24.3 Å². The lowest BCUT2D eigenvalue weighted by Gasteiger charge is -2.08. The topological polar surface area (TPSA) is 51.1 Å². The smallest absolute Gasteiger partial charge is 0.250 e. The molecule has 110 valence electrons. The first-order chi connectivity index (χ1) is 10.2. The summed E-state index contributed by atoms with van der Waals surface area (Å²) in [6.07, 6.45) is 5.01. The van der Waals surface area contributed by atoms with Crippen LogP contribution in [0.2, 0.25) is 0 Å². The Bertz CT molecular complexity index is 644. The average molecular weight is 284 g/mol. The monoisotopic (exact) mass is 284 g/mol. The molecule has 1 aromatic carbocycles. The number of carbonyl (C=O) groups is 1. The van der Waals surface area contributed by atoms with Crippen LogP contribution in [0.5, 0.6) is 0 Å². The summed E-state index contributed by atoms with van der Waals surface area (Å²) in [5.41, 5.74) is 1.85. The second-order valence-electron chi connectivity index (χ2n) is 5.02. The van der Waals surface area contributed by atoms with E-state index in [9.17, 15) is 9.59 Å². The highest BCUT2D eigenvalue weighted by atomic mass is 16.2. The van der Waals surface area contributed by atoms with E-state index in [1.165, 1.54) is 29.0 Å². The van der Waals surface area contributed by atoms with E-state index in [1.54, 1.807) is 18.3 Å². The van der Waals surface area contributed by atoms with Gasteiger partial charge in [0.15, 0.2) is 0 Å². The summed E-state index contributed by atoms with van der Waals surface area (Å²) in [6, 6.07) is 12.7. The van der Waals surface area contributed by atoms with Crippen molar-refractivity contribution < 1.29 is 4.79 Å². The van der Waals surface area contributed by atoms with Gasteiger partial charge in [-0.15, -0.1) is 0 Å². The molecule has 0 spiro atoms. The van der Waals surface area contributed by atoms with Crippen LogP contribution in [0, 0.1) is 0 Å². The van der Waals surface area contributed by atoms with E-state index in [2.05, 4.69) is 12.2 Å². The lowest BCUT2D eigenvalue weighted by Crippen LogP contribution is -2.26. The van der Waals surface area contributed by atoms with E-state index < -0.39 is 0 Å². The molecule has 0 radical (unpaired) electrons. The van der Waals surface area contributed by atoms with E-state index in [-0.39, 0.29) is 18.0 Å². The van der Waals surface area contributed by atoms with Crippen molar-refractivity contribution in [1.82, 2.24) is 4.57 Å². The summed E-state index contributed by atoms with van der Waals surface area (Å²) in [6.45, 7) is 2.19. The standard InChI is InChI=1S/C17H20N2O2/c1-2-3-6-14-8-10-15(11-9-14)18-16(20)13-19-12-5-4-7-17(19)21/h4-5,7-12H,2-3,6,13H2,1H3,(H,18,20). The zero-order valence-corrected chi connectivity index (χ0v) is 12.2. The van der Waals surface area contributed by atoms with Gasteiger partial charge in [-0.2, -0.15) is 0 Å². The van der Waals surface area contributed by atoms with E-state index in [0.29, 0.717) is 0 Å². The molecule has 21 heavy (non-hydrogen) atoms. The van der Waals surface area contributed by atoms with Crippen molar-refractivity contribution in [2.45, 2.75) is 32.7 Å². The number of hydrogen-bond acceptors (Lipinski definition) is 2. The van der Waals surface area contributed by atoms with E-state index in [0.717, 1.165) is 12.1 Å². The summed E-state index contributed by atoms with van der Waals surface area (Å²) in [4.78, 5) is 23.5. The van der Waals surface area contributed by atoms with E-state index >= 15 is 0 Å². The Kier molecular flexibility index (Phi) is 5.32. The Morgan fingerprint density at radius 3 is 2.57 bits per heavy atom. The van der Waals surface area contributed by atoms with Crippen LogP contribution >= 0.6 is 0 Å². The molecule has 0 aliphatic rings. The number of anilines is 1. The second-order valence-corrected chi connectivity index (χ2v) is 5.02. The molecule has 2 rings (SSSR count). The van der Waals surface area contributed by atoms with Crippen molar-refractivity contribution in [2.24, 2.45) is 0 Å². The van der Waals surface area contributed by atoms with Crippen LogP contribution in [0.3, 0.4) is 0 Å². The minimum Gasteiger partial charge on any atom is -0.325 e. The lowest BCUT2D eigenvalue weighted by molar-refractivity contribution is -0.116. The minimum absolute atomic E-state index is 0.0251. The molecule has 0 atom stereocenters. The summed E-state index contributed by atoms with van der Waals surface area (Å²) >= 11 is 0. The first-order valence-corrected chi connectivity index (χ1v) is 7.23. The van der Waals surface area contributed by atoms with E-state index in [4.69, 9.17) is 0 Å². The Morgan fingerprint density at radius 1 is 1.14 bits per heavy atom. The molecular formula is C17H20N2O2. The fraction of sp³-hybridized carbons (Fsp3) is 0.294. The number of aromatic nitrogens is 1. The van der Waals surface area contributed by atoms with Crippen molar-refractivity contribution in [3.8, 4) is 0 Å². The molecule has 1 aromatic heterocycles. The van der Waals surface area contributed by atoms with Crippen LogP contribution in [0.15, 0.2) is 53.5 Å². The van der Waals surface area contributed by atoms with Gasteiger partial charge in [-0.05, 0) is 36.6 Å². The second kappa shape index (κ2) is 7.43. The summed E-state index contributed by atoms with van der Waals surface area (Å²) < 4.78 is 1.38. The average Bonchev–Trinajstić information content (AvgIpc) is 2.49. The number of unbranched alkanes of at least 4 members (excludes halogenated alkanes) is 1. The third kappa shape index (κ3) is 4.60. The van der Waals surface area contributed by atoms with Crippen LogP contribution in [0.4, 0.5) is 5.69 Å². The number of amides is 1. The molecule has 0 aliphatic carbocycles. The number of pyridine rings is 1. The maximum Gasteiger partial charge on any atom is 0.250 e. The number of nitrogens with one attached hydrogen (secondary N) is 1. The quantitative estimate of drug-likeness (QED) is 0.886. The van der Waals surface area contributed by atoms with Gasteiger partial charge < -0.3 is 9.88 Å². The van der Waals surface area contributed by atoms with Crippen LogP contribution < -0.4 is 10.9 Å². The number of benzene rings is 1. The SMILES string of the molecule is CCCCc1ccc(NC(=O)Cn2ccccc2=O)cc1. The van der Waals surface area contributed by atoms with Gasteiger partial charge in [0.1, 0.15) is 6.54 Å². The van der Waals surface area contributed by atoms with Gasteiger partial charge in [0, 0.05) is 18.0 Å². The Balaban J connectivity index is 1.93. The van der Waals surface area contributed by atoms with Crippen molar-refractivity contribution >= 4 is 11.6 Å². The van der Waals surface area contributed by atoms with Crippen LogP contribution in [0.25, 0.3) is 0 Å². The van der Waals surface area contributed by atoms with Gasteiger partial charge >= 0.3 is 0 Å². The Labute approximate surface area is 124 Å². The summed E-state index contributed by atoms with van der Waals surface area (Å²) in [5.74, 6) is -0.204. The van der Waals surface area contributed by atoms with Gasteiger partial charge in [-0.1, -0.05) is 31.5 Å². The molecule has 0 bridgehead atoms. The first-order valence-electron chi connectivity index (χ1n) is 7.23. The van der Waals surface area contributed by atoms with Crippen molar-refractivity contribution in [2.75, 3.05) is 5.32 Å². The minimum atomic E-state index is -0.204. The molecule has 0 unspecified atom stereocenters. The summed E-state index contributed by atoms with van der Waals surface area (Å²) in [7, 11) is 0. The largest absolute Gasteiger partial charge is 0.325 e. The van der Waals surface area contributed by atoms with Crippen molar-refractivity contribution in [3.05, 3.63) is 64.6 Å². The molecule has 0 saturated heterocycles. The zero-order chi connectivity index (χ0) is 15.1. The first kappa shape index (κ1) is 15.0. The molecule has 0 fully saturated rings. The van der Waals surface area contributed by atoms with Gasteiger partial charge in [0.25, 0.3) is 5.56 Å². The number of hydrogen-bond donors (Lipinski definition) is 1. The maximum absolute atomic E-state index is 11.9. The predicted molar refractivity (Wildman–Crippen MR) is 84.4 cm³/mol. The predicted octanol–water partition coefficient (Wildman–Crippen LogP) is 2.83. The lowest BCUT2D eigenvalue weighted by atomic mass is 10.1. The molecule has 1 amide bonds. The van der Waals surface area contributed by atoms with Gasteiger partial charge in [-0.25, -0.2) is 0 Å². The molecule has 2 aromatic rings. The molecule has 0 aliphatic heterocycles. The highest BCUT2D eigenvalue weighted by molar-refractivity contribution is 5.90.